The van der Waals surface area contributed by atoms with E-state index in [2.05, 4.69) is 5.32 Å². The number of aliphatic hydroxyl groups excluding tert-OH is 2. The van der Waals surface area contributed by atoms with Gasteiger partial charge < -0.3 is 15.5 Å². The van der Waals surface area contributed by atoms with Gasteiger partial charge in [-0.2, -0.15) is 0 Å². The van der Waals surface area contributed by atoms with Crippen LogP contribution in [-0.2, 0) is 0 Å². The molecule has 3 nitrogen and oxygen atoms in total. The maximum atomic E-state index is 9.28. The number of aliphatic hydroxyl groups is 2. The van der Waals surface area contributed by atoms with Crippen LogP contribution in [0.2, 0.25) is 0 Å². The number of rotatable bonds is 2. The molecule has 0 saturated heterocycles. The summed E-state index contributed by atoms with van der Waals surface area (Å²) in [6.45, 7) is 2.94. The summed E-state index contributed by atoms with van der Waals surface area (Å²) in [5.41, 5.74) is 0. The van der Waals surface area contributed by atoms with Gasteiger partial charge in [-0.3, -0.25) is 0 Å². The van der Waals surface area contributed by atoms with Crippen LogP contribution >= 0.6 is 0 Å². The number of hydrogen-bond donors (Lipinski definition) is 3. The molecule has 0 spiro atoms. The normalized spacial score (nSPS) is 39.0. The first kappa shape index (κ1) is 8.97. The first-order chi connectivity index (χ1) is 5.22. The van der Waals surface area contributed by atoms with Gasteiger partial charge in [-0.15, -0.1) is 0 Å². The van der Waals surface area contributed by atoms with Crippen molar-refractivity contribution in [3.05, 3.63) is 0 Å². The Morgan fingerprint density at radius 3 is 2.18 bits per heavy atom. The summed E-state index contributed by atoms with van der Waals surface area (Å²) in [5.74, 6) is 0. The summed E-state index contributed by atoms with van der Waals surface area (Å²) < 4.78 is 0. The van der Waals surface area contributed by atoms with Crippen molar-refractivity contribution in [2.75, 3.05) is 6.54 Å². The van der Waals surface area contributed by atoms with Gasteiger partial charge in [0, 0.05) is 6.04 Å². The van der Waals surface area contributed by atoms with Crippen molar-refractivity contribution in [3.8, 4) is 0 Å². The Morgan fingerprint density at radius 1 is 1.18 bits per heavy atom. The van der Waals surface area contributed by atoms with Gasteiger partial charge in [-0.1, -0.05) is 6.92 Å². The average Bonchev–Trinajstić information content (AvgIpc) is 1.85. The molecule has 11 heavy (non-hydrogen) atoms. The van der Waals surface area contributed by atoms with Crippen LogP contribution in [0.5, 0.6) is 0 Å². The third-order valence-electron chi connectivity index (χ3n) is 2.15. The topological polar surface area (TPSA) is 52.5 Å². The summed E-state index contributed by atoms with van der Waals surface area (Å²) in [7, 11) is 0. The van der Waals surface area contributed by atoms with E-state index in [4.69, 9.17) is 0 Å². The molecule has 3 N–H and O–H groups in total. The van der Waals surface area contributed by atoms with Crippen LogP contribution in [0.15, 0.2) is 0 Å². The van der Waals surface area contributed by atoms with Crippen LogP contribution in [0.1, 0.15) is 26.2 Å². The molecule has 3 heteroatoms. The second-order valence-electron chi connectivity index (χ2n) is 3.27. The second-order valence-corrected chi connectivity index (χ2v) is 3.27. The van der Waals surface area contributed by atoms with Gasteiger partial charge in [0.2, 0.25) is 0 Å². The summed E-state index contributed by atoms with van der Waals surface area (Å²) in [5, 5.41) is 21.8. The molecule has 2 unspecified atom stereocenters. The van der Waals surface area contributed by atoms with Crippen LogP contribution in [-0.4, -0.2) is 35.0 Å². The smallest absolute Gasteiger partial charge is 0.0579 e. The quantitative estimate of drug-likeness (QED) is 0.526. The van der Waals surface area contributed by atoms with Crippen LogP contribution < -0.4 is 5.32 Å². The Labute approximate surface area is 67.4 Å². The highest BCUT2D eigenvalue weighted by molar-refractivity contribution is 4.81. The Hall–Kier alpha value is -0.120. The molecule has 66 valence electrons. The lowest BCUT2D eigenvalue weighted by Crippen LogP contribution is -2.41. The SMILES string of the molecule is CCNC1CC(O)CC(O)C1. The fourth-order valence-corrected chi connectivity index (χ4v) is 1.71. The van der Waals surface area contributed by atoms with Gasteiger partial charge in [-0.25, -0.2) is 0 Å². The van der Waals surface area contributed by atoms with Crippen molar-refractivity contribution < 1.29 is 10.2 Å². The molecule has 1 saturated carbocycles. The van der Waals surface area contributed by atoms with E-state index in [0.717, 1.165) is 19.4 Å². The minimum absolute atomic E-state index is 0.304. The van der Waals surface area contributed by atoms with E-state index in [9.17, 15) is 10.2 Å². The second kappa shape index (κ2) is 4.04. The highest BCUT2D eigenvalue weighted by atomic mass is 16.3. The standard InChI is InChI=1S/C8H17NO2/c1-2-9-6-3-7(10)5-8(11)4-6/h6-11H,2-5H2,1H3. The van der Waals surface area contributed by atoms with E-state index < -0.39 is 0 Å². The minimum Gasteiger partial charge on any atom is -0.393 e. The summed E-state index contributed by atoms with van der Waals surface area (Å²) in [4.78, 5) is 0. The van der Waals surface area contributed by atoms with E-state index in [1.54, 1.807) is 0 Å². The van der Waals surface area contributed by atoms with Crippen LogP contribution in [0, 0.1) is 0 Å². The molecule has 1 aliphatic rings. The molecule has 1 rings (SSSR count). The zero-order valence-corrected chi connectivity index (χ0v) is 6.95. The van der Waals surface area contributed by atoms with Gasteiger partial charge in [0.25, 0.3) is 0 Å². The molecule has 0 aromatic heterocycles. The molecular weight excluding hydrogens is 142 g/mol. The molecule has 0 heterocycles. The van der Waals surface area contributed by atoms with Crippen molar-refractivity contribution in [2.24, 2.45) is 0 Å². The zero-order chi connectivity index (χ0) is 8.27. The number of nitrogens with one attached hydrogen (secondary N) is 1. The molecule has 2 atom stereocenters. The molecule has 1 aliphatic carbocycles. The van der Waals surface area contributed by atoms with Crippen molar-refractivity contribution in [2.45, 2.75) is 44.4 Å². The lowest BCUT2D eigenvalue weighted by molar-refractivity contribution is 0.0254. The van der Waals surface area contributed by atoms with Crippen molar-refractivity contribution >= 4 is 0 Å². The fraction of sp³-hybridized carbons (Fsp3) is 1.00. The van der Waals surface area contributed by atoms with Gasteiger partial charge >= 0.3 is 0 Å². The van der Waals surface area contributed by atoms with Crippen molar-refractivity contribution in [1.29, 1.82) is 0 Å². The summed E-state index contributed by atoms with van der Waals surface area (Å²) in [6.07, 6.45) is 1.48. The molecule has 0 aliphatic heterocycles. The van der Waals surface area contributed by atoms with Gasteiger partial charge in [0.05, 0.1) is 12.2 Å². The maximum Gasteiger partial charge on any atom is 0.0579 e. The van der Waals surface area contributed by atoms with E-state index in [-0.39, 0.29) is 12.2 Å². The zero-order valence-electron chi connectivity index (χ0n) is 6.95. The van der Waals surface area contributed by atoms with E-state index in [1.165, 1.54) is 0 Å². The largest absolute Gasteiger partial charge is 0.393 e. The predicted octanol–water partition coefficient (Wildman–Crippen LogP) is -0.130. The molecular formula is C8H17NO2. The van der Waals surface area contributed by atoms with E-state index in [1.807, 2.05) is 6.92 Å². The fourth-order valence-electron chi connectivity index (χ4n) is 1.71. The minimum atomic E-state index is -0.317. The molecule has 0 bridgehead atoms. The van der Waals surface area contributed by atoms with Crippen LogP contribution in [0.3, 0.4) is 0 Å². The van der Waals surface area contributed by atoms with Gasteiger partial charge in [0.1, 0.15) is 0 Å². The average molecular weight is 159 g/mol. The highest BCUT2D eigenvalue weighted by Gasteiger charge is 2.25. The molecule has 0 amide bonds. The third kappa shape index (κ3) is 2.77. The van der Waals surface area contributed by atoms with Crippen LogP contribution in [0.25, 0.3) is 0 Å². The predicted molar refractivity (Wildman–Crippen MR) is 43.3 cm³/mol. The van der Waals surface area contributed by atoms with Crippen molar-refractivity contribution in [1.82, 2.24) is 5.32 Å². The Bertz CT molecular complexity index is 109. The van der Waals surface area contributed by atoms with Gasteiger partial charge in [-0.05, 0) is 25.8 Å². The lowest BCUT2D eigenvalue weighted by atomic mass is 9.91. The first-order valence-corrected chi connectivity index (χ1v) is 4.32. The highest BCUT2D eigenvalue weighted by Crippen LogP contribution is 2.18. The summed E-state index contributed by atoms with van der Waals surface area (Å²) in [6, 6.07) is 0.304. The maximum absolute atomic E-state index is 9.28. The van der Waals surface area contributed by atoms with Gasteiger partial charge in [0.15, 0.2) is 0 Å². The molecule has 0 radical (unpaired) electrons. The number of hydrogen-bond acceptors (Lipinski definition) is 3. The van der Waals surface area contributed by atoms with E-state index in [0.29, 0.717) is 12.5 Å². The Balaban J connectivity index is 2.30. The third-order valence-corrected chi connectivity index (χ3v) is 2.15. The molecule has 1 fully saturated rings. The summed E-state index contributed by atoms with van der Waals surface area (Å²) >= 11 is 0. The molecule has 0 aromatic rings. The molecule has 0 aromatic carbocycles. The lowest BCUT2D eigenvalue weighted by Gasteiger charge is -2.29. The van der Waals surface area contributed by atoms with E-state index >= 15 is 0 Å². The monoisotopic (exact) mass is 159 g/mol. The first-order valence-electron chi connectivity index (χ1n) is 4.32. The Kier molecular flexibility index (Phi) is 3.30. The van der Waals surface area contributed by atoms with Crippen molar-refractivity contribution in [3.63, 3.8) is 0 Å². The van der Waals surface area contributed by atoms with Crippen LogP contribution in [0.4, 0.5) is 0 Å². The Morgan fingerprint density at radius 2 is 1.73 bits per heavy atom.